The zero-order valence-electron chi connectivity index (χ0n) is 11.2. The lowest BCUT2D eigenvalue weighted by Gasteiger charge is -2.16. The van der Waals surface area contributed by atoms with Crippen molar-refractivity contribution >= 4 is 17.5 Å². The average molecular weight is 297 g/mol. The van der Waals surface area contributed by atoms with Gasteiger partial charge >= 0.3 is 0 Å². The van der Waals surface area contributed by atoms with Crippen LogP contribution in [0.5, 0.6) is 5.88 Å². The van der Waals surface area contributed by atoms with Crippen LogP contribution in [0.25, 0.3) is 0 Å². The Morgan fingerprint density at radius 3 is 2.90 bits per heavy atom. The predicted molar refractivity (Wildman–Crippen MR) is 74.2 cm³/mol. The number of carbonyl (C=O) groups is 1. The fourth-order valence-electron chi connectivity index (χ4n) is 2.50. The van der Waals surface area contributed by atoms with Gasteiger partial charge in [-0.2, -0.15) is 0 Å². The molecule has 1 atom stereocenters. The summed E-state index contributed by atoms with van der Waals surface area (Å²) < 4.78 is 10.9. The number of halogens is 1. The first-order chi connectivity index (χ1) is 9.74. The first kappa shape index (κ1) is 13.6. The minimum Gasteiger partial charge on any atom is -0.471 e. The molecule has 0 N–H and O–H groups in total. The van der Waals surface area contributed by atoms with Gasteiger partial charge in [0.15, 0.2) is 0 Å². The topological polar surface area (TPSA) is 51.7 Å². The zero-order chi connectivity index (χ0) is 13.9. The van der Waals surface area contributed by atoms with Crippen molar-refractivity contribution in [2.45, 2.75) is 25.4 Å². The molecule has 1 amide bonds. The minimum absolute atomic E-state index is 0.000124. The summed E-state index contributed by atoms with van der Waals surface area (Å²) in [4.78, 5) is 18.2. The van der Waals surface area contributed by atoms with Crippen molar-refractivity contribution in [3.8, 4) is 5.88 Å². The van der Waals surface area contributed by atoms with E-state index in [-0.39, 0.29) is 12.0 Å². The van der Waals surface area contributed by atoms with E-state index >= 15 is 0 Å². The van der Waals surface area contributed by atoms with Crippen LogP contribution in [0.1, 0.15) is 29.6 Å². The van der Waals surface area contributed by atoms with Gasteiger partial charge in [-0.3, -0.25) is 4.79 Å². The monoisotopic (exact) mass is 296 g/mol. The number of aromatic nitrogens is 1. The Morgan fingerprint density at radius 1 is 1.45 bits per heavy atom. The molecule has 3 rings (SSSR count). The highest BCUT2D eigenvalue weighted by Crippen LogP contribution is 2.26. The molecule has 0 bridgehead atoms. The summed E-state index contributed by atoms with van der Waals surface area (Å²) in [5, 5.41) is 0.377. The quantitative estimate of drug-likeness (QED) is 0.857. The summed E-state index contributed by atoms with van der Waals surface area (Å²) >= 11 is 6.16. The highest BCUT2D eigenvalue weighted by atomic mass is 35.5. The number of amides is 1. The molecule has 2 saturated heterocycles. The van der Waals surface area contributed by atoms with Gasteiger partial charge in [0.2, 0.25) is 5.88 Å². The standard InChI is InChI=1S/C14H17ClN2O3/c15-12-7-10(14(18)17-4-1-2-5-17)8-16-13(12)20-11-3-6-19-9-11/h7-8,11H,1-6,9H2. The van der Waals surface area contributed by atoms with E-state index in [0.29, 0.717) is 29.7 Å². The molecule has 0 aromatic carbocycles. The van der Waals surface area contributed by atoms with E-state index in [9.17, 15) is 4.79 Å². The number of carbonyl (C=O) groups excluding carboxylic acids is 1. The molecule has 0 spiro atoms. The second-order valence-corrected chi connectivity index (χ2v) is 5.52. The first-order valence-electron chi connectivity index (χ1n) is 6.93. The molecule has 2 fully saturated rings. The van der Waals surface area contributed by atoms with Crippen LogP contribution < -0.4 is 4.74 Å². The second kappa shape index (κ2) is 5.97. The Bertz CT molecular complexity index is 497. The lowest BCUT2D eigenvalue weighted by Crippen LogP contribution is -2.27. The average Bonchev–Trinajstić information content (AvgIpc) is 3.12. The number of likely N-dealkylation sites (tertiary alicyclic amines) is 1. The lowest BCUT2D eigenvalue weighted by atomic mass is 10.2. The summed E-state index contributed by atoms with van der Waals surface area (Å²) in [7, 11) is 0. The molecular formula is C14H17ClN2O3. The molecule has 0 saturated carbocycles. The SMILES string of the molecule is O=C(c1cnc(OC2CCOC2)c(Cl)c1)N1CCCC1. The molecule has 108 valence electrons. The molecular weight excluding hydrogens is 280 g/mol. The summed E-state index contributed by atoms with van der Waals surface area (Å²) in [5.74, 6) is 0.368. The van der Waals surface area contributed by atoms with E-state index in [4.69, 9.17) is 21.1 Å². The number of pyridine rings is 1. The van der Waals surface area contributed by atoms with Crippen molar-refractivity contribution < 1.29 is 14.3 Å². The van der Waals surface area contributed by atoms with Crippen molar-refractivity contribution in [1.29, 1.82) is 0 Å². The highest BCUT2D eigenvalue weighted by molar-refractivity contribution is 6.32. The van der Waals surface area contributed by atoms with Gasteiger partial charge in [-0.1, -0.05) is 11.6 Å². The number of nitrogens with zero attached hydrogens (tertiary/aromatic N) is 2. The van der Waals surface area contributed by atoms with E-state index in [1.54, 1.807) is 6.07 Å². The highest BCUT2D eigenvalue weighted by Gasteiger charge is 2.22. The van der Waals surface area contributed by atoms with E-state index in [1.807, 2.05) is 4.90 Å². The van der Waals surface area contributed by atoms with E-state index < -0.39 is 0 Å². The third-order valence-corrected chi connectivity index (χ3v) is 3.88. The molecule has 1 aromatic heterocycles. The molecule has 6 heteroatoms. The van der Waals surface area contributed by atoms with Gasteiger partial charge in [-0.15, -0.1) is 0 Å². The van der Waals surface area contributed by atoms with E-state index in [0.717, 1.165) is 32.4 Å². The van der Waals surface area contributed by atoms with Crippen LogP contribution in [0.4, 0.5) is 0 Å². The molecule has 2 aliphatic rings. The summed E-state index contributed by atoms with van der Waals surface area (Å²) in [6.07, 6.45) is 4.51. The Labute approximate surface area is 122 Å². The Kier molecular flexibility index (Phi) is 4.08. The maximum atomic E-state index is 12.2. The summed E-state index contributed by atoms with van der Waals surface area (Å²) in [6.45, 7) is 2.89. The summed E-state index contributed by atoms with van der Waals surface area (Å²) in [5.41, 5.74) is 0.520. The van der Waals surface area contributed by atoms with Gasteiger partial charge in [0.05, 0.1) is 18.8 Å². The minimum atomic E-state index is -0.00681. The fraction of sp³-hybridized carbons (Fsp3) is 0.571. The van der Waals surface area contributed by atoms with Gasteiger partial charge in [0, 0.05) is 25.7 Å². The van der Waals surface area contributed by atoms with Gasteiger partial charge in [0.1, 0.15) is 11.1 Å². The maximum Gasteiger partial charge on any atom is 0.255 e. The Balaban J connectivity index is 1.71. The van der Waals surface area contributed by atoms with Crippen LogP contribution in [-0.2, 0) is 4.74 Å². The predicted octanol–water partition coefficient (Wildman–Crippen LogP) is 2.14. The number of rotatable bonds is 3. The molecule has 1 unspecified atom stereocenters. The molecule has 20 heavy (non-hydrogen) atoms. The van der Waals surface area contributed by atoms with E-state index in [2.05, 4.69) is 4.98 Å². The van der Waals surface area contributed by atoms with Crippen LogP contribution in [-0.4, -0.2) is 48.2 Å². The fourth-order valence-corrected chi connectivity index (χ4v) is 2.71. The van der Waals surface area contributed by atoms with Gasteiger partial charge < -0.3 is 14.4 Å². The molecule has 5 nitrogen and oxygen atoms in total. The van der Waals surface area contributed by atoms with Gasteiger partial charge in [0.25, 0.3) is 5.91 Å². The van der Waals surface area contributed by atoms with Gasteiger partial charge in [-0.05, 0) is 18.9 Å². The molecule has 1 aromatic rings. The van der Waals surface area contributed by atoms with E-state index in [1.165, 1.54) is 6.20 Å². The summed E-state index contributed by atoms with van der Waals surface area (Å²) in [6, 6.07) is 1.64. The van der Waals surface area contributed by atoms with Crippen molar-refractivity contribution in [3.05, 3.63) is 22.8 Å². The lowest BCUT2D eigenvalue weighted by molar-refractivity contribution is 0.0792. The normalized spacial score (nSPS) is 22.2. The second-order valence-electron chi connectivity index (χ2n) is 5.11. The Hall–Kier alpha value is -1.33. The molecule has 0 aliphatic carbocycles. The smallest absolute Gasteiger partial charge is 0.255 e. The van der Waals surface area contributed by atoms with Crippen LogP contribution in [0.15, 0.2) is 12.3 Å². The molecule has 0 radical (unpaired) electrons. The number of hydrogen-bond acceptors (Lipinski definition) is 4. The first-order valence-corrected chi connectivity index (χ1v) is 7.31. The third kappa shape index (κ3) is 2.88. The van der Waals surface area contributed by atoms with Crippen molar-refractivity contribution in [3.63, 3.8) is 0 Å². The number of ether oxygens (including phenoxy) is 2. The maximum absolute atomic E-state index is 12.2. The van der Waals surface area contributed by atoms with Crippen LogP contribution >= 0.6 is 11.6 Å². The van der Waals surface area contributed by atoms with Crippen LogP contribution in [0.2, 0.25) is 5.02 Å². The molecule has 3 heterocycles. The Morgan fingerprint density at radius 2 is 2.25 bits per heavy atom. The van der Waals surface area contributed by atoms with Crippen LogP contribution in [0, 0.1) is 0 Å². The largest absolute Gasteiger partial charge is 0.471 e. The van der Waals surface area contributed by atoms with Gasteiger partial charge in [-0.25, -0.2) is 4.98 Å². The third-order valence-electron chi connectivity index (χ3n) is 3.61. The van der Waals surface area contributed by atoms with Crippen molar-refractivity contribution in [2.75, 3.05) is 26.3 Å². The molecule has 2 aliphatic heterocycles. The van der Waals surface area contributed by atoms with Crippen molar-refractivity contribution in [1.82, 2.24) is 9.88 Å². The van der Waals surface area contributed by atoms with Crippen molar-refractivity contribution in [2.24, 2.45) is 0 Å². The zero-order valence-corrected chi connectivity index (χ0v) is 11.9. The number of hydrogen-bond donors (Lipinski definition) is 0. The van der Waals surface area contributed by atoms with Crippen LogP contribution in [0.3, 0.4) is 0 Å².